The van der Waals surface area contributed by atoms with Gasteiger partial charge in [-0.2, -0.15) is 0 Å². The zero-order valence-corrected chi connectivity index (χ0v) is 7.84. The third-order valence-electron chi connectivity index (χ3n) is 2.70. The highest BCUT2D eigenvalue weighted by molar-refractivity contribution is 4.82. The van der Waals surface area contributed by atoms with Crippen molar-refractivity contribution < 1.29 is 5.11 Å². The number of nitrogens with one attached hydrogen (secondary N) is 1. The SMILES string of the molecule is CC1CCC(O)(NCCN)CC1. The van der Waals surface area contributed by atoms with Crippen LogP contribution in [0.4, 0.5) is 0 Å². The van der Waals surface area contributed by atoms with Crippen molar-refractivity contribution in [2.75, 3.05) is 13.1 Å². The second-order valence-electron chi connectivity index (χ2n) is 3.93. The third kappa shape index (κ3) is 2.73. The molecule has 0 spiro atoms. The number of hydrogen-bond acceptors (Lipinski definition) is 3. The highest BCUT2D eigenvalue weighted by Crippen LogP contribution is 2.29. The van der Waals surface area contributed by atoms with Gasteiger partial charge in [0.15, 0.2) is 0 Å². The molecule has 72 valence electrons. The van der Waals surface area contributed by atoms with Crippen LogP contribution < -0.4 is 11.1 Å². The van der Waals surface area contributed by atoms with Gasteiger partial charge in [0.2, 0.25) is 0 Å². The molecule has 0 aromatic heterocycles. The fourth-order valence-electron chi connectivity index (χ4n) is 1.72. The largest absolute Gasteiger partial charge is 0.376 e. The summed E-state index contributed by atoms with van der Waals surface area (Å²) in [4.78, 5) is 0. The molecule has 3 heteroatoms. The highest BCUT2D eigenvalue weighted by Gasteiger charge is 2.30. The van der Waals surface area contributed by atoms with Crippen molar-refractivity contribution in [2.45, 2.75) is 38.3 Å². The van der Waals surface area contributed by atoms with Crippen LogP contribution in [0.2, 0.25) is 0 Å². The Hall–Kier alpha value is -0.120. The van der Waals surface area contributed by atoms with E-state index in [0.717, 1.165) is 31.6 Å². The lowest BCUT2D eigenvalue weighted by molar-refractivity contribution is -0.0364. The molecule has 0 atom stereocenters. The van der Waals surface area contributed by atoms with Gasteiger partial charge in [-0.3, -0.25) is 5.32 Å². The summed E-state index contributed by atoms with van der Waals surface area (Å²) in [5, 5.41) is 13.1. The molecule has 0 bridgehead atoms. The van der Waals surface area contributed by atoms with Crippen molar-refractivity contribution in [1.29, 1.82) is 0 Å². The van der Waals surface area contributed by atoms with Gasteiger partial charge in [-0.15, -0.1) is 0 Å². The van der Waals surface area contributed by atoms with Gasteiger partial charge in [0.25, 0.3) is 0 Å². The van der Waals surface area contributed by atoms with Crippen LogP contribution in [-0.4, -0.2) is 23.9 Å². The first-order chi connectivity index (χ1) is 5.66. The molecule has 3 nitrogen and oxygen atoms in total. The molecule has 0 aromatic rings. The maximum absolute atomic E-state index is 9.95. The Bertz CT molecular complexity index is 125. The summed E-state index contributed by atoms with van der Waals surface area (Å²) in [5.74, 6) is 0.768. The van der Waals surface area contributed by atoms with Gasteiger partial charge in [0.05, 0.1) is 0 Å². The number of rotatable bonds is 3. The minimum Gasteiger partial charge on any atom is -0.376 e. The van der Waals surface area contributed by atoms with Crippen LogP contribution in [0.15, 0.2) is 0 Å². The molecule has 0 heterocycles. The first-order valence-corrected chi connectivity index (χ1v) is 4.84. The van der Waals surface area contributed by atoms with E-state index in [9.17, 15) is 5.11 Å². The first-order valence-electron chi connectivity index (χ1n) is 4.84. The molecule has 0 aromatic carbocycles. The van der Waals surface area contributed by atoms with Crippen LogP contribution in [0.1, 0.15) is 32.6 Å². The quantitative estimate of drug-likeness (QED) is 0.541. The zero-order chi connectivity index (χ0) is 9.03. The standard InChI is InChI=1S/C9H20N2O/c1-8-2-4-9(12,5-3-8)11-7-6-10/h8,11-12H,2-7,10H2,1H3. The summed E-state index contributed by atoms with van der Waals surface area (Å²) in [5.41, 5.74) is 4.74. The molecule has 0 aliphatic heterocycles. The summed E-state index contributed by atoms with van der Waals surface area (Å²) in [6, 6.07) is 0. The van der Waals surface area contributed by atoms with Crippen LogP contribution in [0, 0.1) is 5.92 Å². The van der Waals surface area contributed by atoms with Crippen LogP contribution in [0.3, 0.4) is 0 Å². The van der Waals surface area contributed by atoms with E-state index in [4.69, 9.17) is 5.73 Å². The second kappa shape index (κ2) is 4.21. The van der Waals surface area contributed by atoms with Crippen molar-refractivity contribution in [1.82, 2.24) is 5.32 Å². The number of hydrogen-bond donors (Lipinski definition) is 3. The van der Waals surface area contributed by atoms with Crippen molar-refractivity contribution in [3.8, 4) is 0 Å². The Morgan fingerprint density at radius 1 is 1.50 bits per heavy atom. The van der Waals surface area contributed by atoms with E-state index in [-0.39, 0.29) is 0 Å². The van der Waals surface area contributed by atoms with Gasteiger partial charge in [0.1, 0.15) is 5.72 Å². The van der Waals surface area contributed by atoms with Gasteiger partial charge in [-0.05, 0) is 31.6 Å². The molecule has 1 fully saturated rings. The van der Waals surface area contributed by atoms with E-state index >= 15 is 0 Å². The summed E-state index contributed by atoms with van der Waals surface area (Å²) in [6.07, 6.45) is 3.98. The molecule has 1 rings (SSSR count). The lowest BCUT2D eigenvalue weighted by Gasteiger charge is -2.35. The maximum atomic E-state index is 9.95. The fourth-order valence-corrected chi connectivity index (χ4v) is 1.72. The highest BCUT2D eigenvalue weighted by atomic mass is 16.3. The minimum absolute atomic E-state index is 0.595. The molecular weight excluding hydrogens is 152 g/mol. The molecule has 1 saturated carbocycles. The van der Waals surface area contributed by atoms with Gasteiger partial charge in [-0.1, -0.05) is 6.92 Å². The van der Waals surface area contributed by atoms with E-state index in [2.05, 4.69) is 12.2 Å². The van der Waals surface area contributed by atoms with E-state index < -0.39 is 5.72 Å². The smallest absolute Gasteiger partial charge is 0.116 e. The molecule has 0 radical (unpaired) electrons. The van der Waals surface area contributed by atoms with E-state index in [1.54, 1.807) is 0 Å². The number of aliphatic hydroxyl groups is 1. The van der Waals surface area contributed by atoms with Gasteiger partial charge in [-0.25, -0.2) is 0 Å². The number of nitrogens with two attached hydrogens (primary N) is 1. The van der Waals surface area contributed by atoms with E-state index in [1.807, 2.05) is 0 Å². The Morgan fingerprint density at radius 3 is 2.58 bits per heavy atom. The zero-order valence-electron chi connectivity index (χ0n) is 7.84. The molecule has 0 saturated heterocycles. The monoisotopic (exact) mass is 172 g/mol. The van der Waals surface area contributed by atoms with Crippen molar-refractivity contribution in [3.05, 3.63) is 0 Å². The predicted octanol–water partition coefficient (Wildman–Crippen LogP) is 0.433. The summed E-state index contributed by atoms with van der Waals surface area (Å²) >= 11 is 0. The normalized spacial score (nSPS) is 36.8. The topological polar surface area (TPSA) is 58.3 Å². The molecule has 12 heavy (non-hydrogen) atoms. The Morgan fingerprint density at radius 2 is 2.08 bits per heavy atom. The van der Waals surface area contributed by atoms with Crippen LogP contribution in [-0.2, 0) is 0 Å². The first kappa shape index (κ1) is 9.96. The van der Waals surface area contributed by atoms with E-state index in [0.29, 0.717) is 13.1 Å². The summed E-state index contributed by atoms with van der Waals surface area (Å²) in [6.45, 7) is 3.55. The molecular formula is C9H20N2O. The summed E-state index contributed by atoms with van der Waals surface area (Å²) < 4.78 is 0. The average Bonchev–Trinajstić information content (AvgIpc) is 2.08. The molecule has 0 amide bonds. The third-order valence-corrected chi connectivity index (χ3v) is 2.70. The second-order valence-corrected chi connectivity index (χ2v) is 3.93. The lowest BCUT2D eigenvalue weighted by Crippen LogP contribution is -2.49. The van der Waals surface area contributed by atoms with Crippen LogP contribution >= 0.6 is 0 Å². The van der Waals surface area contributed by atoms with Crippen molar-refractivity contribution in [2.24, 2.45) is 11.7 Å². The fraction of sp³-hybridized carbons (Fsp3) is 1.00. The molecule has 1 aliphatic carbocycles. The van der Waals surface area contributed by atoms with Crippen molar-refractivity contribution >= 4 is 0 Å². The Balaban J connectivity index is 2.29. The van der Waals surface area contributed by atoms with Gasteiger partial charge < -0.3 is 10.8 Å². The summed E-state index contributed by atoms with van der Waals surface area (Å²) in [7, 11) is 0. The Kier molecular flexibility index (Phi) is 3.50. The molecule has 0 unspecified atom stereocenters. The van der Waals surface area contributed by atoms with Crippen LogP contribution in [0.5, 0.6) is 0 Å². The Labute approximate surface area is 74.3 Å². The minimum atomic E-state index is -0.619. The predicted molar refractivity (Wildman–Crippen MR) is 49.6 cm³/mol. The average molecular weight is 172 g/mol. The molecule has 1 aliphatic rings. The lowest BCUT2D eigenvalue weighted by atomic mass is 9.85. The van der Waals surface area contributed by atoms with Crippen LogP contribution in [0.25, 0.3) is 0 Å². The molecule has 4 N–H and O–H groups in total. The maximum Gasteiger partial charge on any atom is 0.116 e. The van der Waals surface area contributed by atoms with E-state index in [1.165, 1.54) is 0 Å². The van der Waals surface area contributed by atoms with Crippen molar-refractivity contribution in [3.63, 3.8) is 0 Å². The van der Waals surface area contributed by atoms with Gasteiger partial charge >= 0.3 is 0 Å². The van der Waals surface area contributed by atoms with Gasteiger partial charge in [0, 0.05) is 13.1 Å².